The monoisotopic (exact) mass is 290 g/mol. The fraction of sp³-hybridized carbons (Fsp3) is 0.333. The van der Waals surface area contributed by atoms with Gasteiger partial charge in [-0.25, -0.2) is 4.98 Å². The van der Waals surface area contributed by atoms with Crippen LogP contribution in [0.25, 0.3) is 0 Å². The van der Waals surface area contributed by atoms with Crippen LogP contribution in [0.15, 0.2) is 35.4 Å². The number of aliphatic hydroxyl groups is 1. The summed E-state index contributed by atoms with van der Waals surface area (Å²) in [6.07, 6.45) is 0.546. The maximum atomic E-state index is 11.8. The highest BCUT2D eigenvalue weighted by Crippen LogP contribution is 2.29. The van der Waals surface area contributed by atoms with Crippen LogP contribution in [0.4, 0.5) is 0 Å². The van der Waals surface area contributed by atoms with E-state index in [9.17, 15) is 9.90 Å². The lowest BCUT2D eigenvalue weighted by Crippen LogP contribution is -2.23. The van der Waals surface area contributed by atoms with Gasteiger partial charge in [-0.3, -0.25) is 9.36 Å². The van der Waals surface area contributed by atoms with Crippen molar-refractivity contribution in [2.45, 2.75) is 19.6 Å². The Labute approximate surface area is 122 Å². The van der Waals surface area contributed by atoms with Crippen molar-refractivity contribution in [3.8, 4) is 11.5 Å². The van der Waals surface area contributed by atoms with Gasteiger partial charge in [-0.1, -0.05) is 0 Å². The molecule has 6 nitrogen and oxygen atoms in total. The van der Waals surface area contributed by atoms with Crippen molar-refractivity contribution in [3.05, 3.63) is 52.2 Å². The number of hydrogen-bond acceptors (Lipinski definition) is 5. The van der Waals surface area contributed by atoms with Crippen LogP contribution in [0.5, 0.6) is 11.5 Å². The fourth-order valence-corrected chi connectivity index (χ4v) is 2.03. The zero-order chi connectivity index (χ0) is 15.4. The van der Waals surface area contributed by atoms with Gasteiger partial charge >= 0.3 is 0 Å². The Bertz CT molecular complexity index is 682. The van der Waals surface area contributed by atoms with Gasteiger partial charge in [0.05, 0.1) is 27.1 Å². The van der Waals surface area contributed by atoms with Gasteiger partial charge in [0.25, 0.3) is 5.56 Å². The predicted octanol–water partition coefficient (Wildman–Crippen LogP) is 1.30. The van der Waals surface area contributed by atoms with Crippen molar-refractivity contribution >= 4 is 0 Å². The SMILES string of the molecule is COc1ccc(C(O)Cn2cnc(C)cc2=O)c(OC)c1. The van der Waals surface area contributed by atoms with Crippen LogP contribution in [0, 0.1) is 6.92 Å². The van der Waals surface area contributed by atoms with Crippen molar-refractivity contribution < 1.29 is 14.6 Å². The molecule has 0 aliphatic heterocycles. The third-order valence-corrected chi connectivity index (χ3v) is 3.19. The average molecular weight is 290 g/mol. The largest absolute Gasteiger partial charge is 0.497 e. The van der Waals surface area contributed by atoms with E-state index in [0.717, 1.165) is 0 Å². The van der Waals surface area contributed by atoms with Crippen molar-refractivity contribution in [1.82, 2.24) is 9.55 Å². The molecule has 0 fully saturated rings. The highest BCUT2D eigenvalue weighted by molar-refractivity contribution is 5.41. The topological polar surface area (TPSA) is 73.6 Å². The third-order valence-electron chi connectivity index (χ3n) is 3.19. The highest BCUT2D eigenvalue weighted by Gasteiger charge is 2.15. The van der Waals surface area contributed by atoms with Crippen molar-refractivity contribution in [2.75, 3.05) is 14.2 Å². The Morgan fingerprint density at radius 2 is 2.05 bits per heavy atom. The van der Waals surface area contributed by atoms with E-state index >= 15 is 0 Å². The number of hydrogen-bond donors (Lipinski definition) is 1. The molecule has 0 saturated heterocycles. The summed E-state index contributed by atoms with van der Waals surface area (Å²) in [6, 6.07) is 6.57. The average Bonchev–Trinajstić information content (AvgIpc) is 2.49. The standard InChI is InChI=1S/C15H18N2O4/c1-10-6-15(19)17(9-16-10)8-13(18)12-5-4-11(20-2)7-14(12)21-3/h4-7,9,13,18H,8H2,1-3H3. The Balaban J connectivity index is 2.27. The lowest BCUT2D eigenvalue weighted by atomic mass is 10.1. The van der Waals surface area contributed by atoms with Gasteiger partial charge in [0.2, 0.25) is 0 Å². The van der Waals surface area contributed by atoms with E-state index in [4.69, 9.17) is 9.47 Å². The zero-order valence-electron chi connectivity index (χ0n) is 12.2. The summed E-state index contributed by atoms with van der Waals surface area (Å²) < 4.78 is 11.7. The maximum absolute atomic E-state index is 11.8. The molecular formula is C15H18N2O4. The highest BCUT2D eigenvalue weighted by atomic mass is 16.5. The minimum Gasteiger partial charge on any atom is -0.497 e. The molecule has 1 N–H and O–H groups in total. The molecule has 1 aromatic heterocycles. The first-order chi connectivity index (χ1) is 10.0. The minimum absolute atomic E-state index is 0.106. The second-order valence-corrected chi connectivity index (χ2v) is 4.64. The first-order valence-corrected chi connectivity index (χ1v) is 6.48. The van der Waals surface area contributed by atoms with Crippen LogP contribution >= 0.6 is 0 Å². The normalized spacial score (nSPS) is 12.0. The van der Waals surface area contributed by atoms with E-state index in [2.05, 4.69) is 4.98 Å². The number of benzene rings is 1. The molecule has 0 spiro atoms. The molecule has 0 aliphatic carbocycles. The Morgan fingerprint density at radius 3 is 2.67 bits per heavy atom. The fourth-order valence-electron chi connectivity index (χ4n) is 2.03. The minimum atomic E-state index is -0.881. The predicted molar refractivity (Wildman–Crippen MR) is 77.7 cm³/mol. The van der Waals surface area contributed by atoms with E-state index < -0.39 is 6.10 Å². The lowest BCUT2D eigenvalue weighted by molar-refractivity contribution is 0.150. The van der Waals surface area contributed by atoms with Crippen molar-refractivity contribution in [3.63, 3.8) is 0 Å². The van der Waals surface area contributed by atoms with Crippen LogP contribution < -0.4 is 15.0 Å². The molecule has 1 aromatic carbocycles. The van der Waals surface area contributed by atoms with E-state index in [1.807, 2.05) is 0 Å². The third kappa shape index (κ3) is 3.41. The van der Waals surface area contributed by atoms with Crippen LogP contribution in [-0.4, -0.2) is 28.9 Å². The number of ether oxygens (including phenoxy) is 2. The smallest absolute Gasteiger partial charge is 0.253 e. The van der Waals surface area contributed by atoms with Crippen LogP contribution in [-0.2, 0) is 6.54 Å². The molecular weight excluding hydrogens is 272 g/mol. The molecule has 0 bridgehead atoms. The van der Waals surface area contributed by atoms with E-state index in [1.54, 1.807) is 32.2 Å². The number of aryl methyl sites for hydroxylation is 1. The summed E-state index contributed by atoms with van der Waals surface area (Å²) in [7, 11) is 3.08. The summed E-state index contributed by atoms with van der Waals surface area (Å²) in [5.74, 6) is 1.15. The number of methoxy groups -OCH3 is 2. The first-order valence-electron chi connectivity index (χ1n) is 6.48. The maximum Gasteiger partial charge on any atom is 0.253 e. The van der Waals surface area contributed by atoms with Crippen molar-refractivity contribution in [2.24, 2.45) is 0 Å². The van der Waals surface area contributed by atoms with Gasteiger partial charge < -0.3 is 14.6 Å². The summed E-state index contributed by atoms with van der Waals surface area (Å²) in [6.45, 7) is 1.85. The quantitative estimate of drug-likeness (QED) is 0.898. The molecule has 0 saturated carbocycles. The zero-order valence-corrected chi connectivity index (χ0v) is 12.2. The molecule has 2 rings (SSSR count). The van der Waals surface area contributed by atoms with Crippen LogP contribution in [0.1, 0.15) is 17.4 Å². The van der Waals surface area contributed by atoms with E-state index in [0.29, 0.717) is 22.8 Å². The van der Waals surface area contributed by atoms with Crippen molar-refractivity contribution in [1.29, 1.82) is 0 Å². The van der Waals surface area contributed by atoms with Gasteiger partial charge in [0, 0.05) is 23.4 Å². The summed E-state index contributed by atoms with van der Waals surface area (Å²) in [4.78, 5) is 15.9. The molecule has 0 aliphatic rings. The molecule has 21 heavy (non-hydrogen) atoms. The molecule has 1 unspecified atom stereocenters. The number of aromatic nitrogens is 2. The lowest BCUT2D eigenvalue weighted by Gasteiger charge is -2.16. The van der Waals surface area contributed by atoms with Crippen LogP contribution in [0.2, 0.25) is 0 Å². The molecule has 2 aromatic rings. The van der Waals surface area contributed by atoms with Gasteiger partial charge in [0.15, 0.2) is 0 Å². The summed E-state index contributed by atoms with van der Waals surface area (Å²) in [5.41, 5.74) is 1.03. The molecule has 112 valence electrons. The molecule has 1 atom stereocenters. The molecule has 0 radical (unpaired) electrons. The second-order valence-electron chi connectivity index (χ2n) is 4.64. The number of nitrogens with zero attached hydrogens (tertiary/aromatic N) is 2. The molecule has 0 amide bonds. The Hall–Kier alpha value is -2.34. The summed E-state index contributed by atoms with van der Waals surface area (Å²) >= 11 is 0. The Kier molecular flexibility index (Phi) is 4.59. The molecule has 1 heterocycles. The van der Waals surface area contributed by atoms with Gasteiger partial charge in [-0.05, 0) is 19.1 Å². The van der Waals surface area contributed by atoms with Gasteiger partial charge in [0.1, 0.15) is 17.6 Å². The number of aliphatic hydroxyl groups excluding tert-OH is 1. The first kappa shape index (κ1) is 15.1. The van der Waals surface area contributed by atoms with E-state index in [-0.39, 0.29) is 12.1 Å². The van der Waals surface area contributed by atoms with Crippen LogP contribution in [0.3, 0.4) is 0 Å². The second kappa shape index (κ2) is 6.41. The van der Waals surface area contributed by atoms with E-state index in [1.165, 1.54) is 24.1 Å². The number of rotatable bonds is 5. The molecule has 6 heteroatoms. The summed E-state index contributed by atoms with van der Waals surface area (Å²) in [5, 5.41) is 10.3. The van der Waals surface area contributed by atoms with Gasteiger partial charge in [-0.15, -0.1) is 0 Å². The Morgan fingerprint density at radius 1 is 1.29 bits per heavy atom. The van der Waals surface area contributed by atoms with Gasteiger partial charge in [-0.2, -0.15) is 0 Å².